The molecule has 5 aromatic rings. The zero-order valence-corrected chi connectivity index (χ0v) is 24.7. The van der Waals surface area contributed by atoms with E-state index in [1.807, 2.05) is 32.9 Å². The van der Waals surface area contributed by atoms with Crippen molar-refractivity contribution in [1.29, 1.82) is 0 Å². The number of carbonyl (C=O) groups excluding carboxylic acids is 1. The molecule has 1 aliphatic rings. The number of hydrogen-bond donors (Lipinski definition) is 2. The van der Waals surface area contributed by atoms with E-state index >= 15 is 0 Å². The van der Waals surface area contributed by atoms with E-state index in [1.165, 1.54) is 16.9 Å². The van der Waals surface area contributed by atoms with Crippen LogP contribution >= 0.6 is 15.9 Å². The van der Waals surface area contributed by atoms with Gasteiger partial charge in [-0.3, -0.25) is 4.79 Å². The molecule has 42 heavy (non-hydrogen) atoms. The fraction of sp³-hybridized carbons (Fsp3) is 0.226. The van der Waals surface area contributed by atoms with Crippen LogP contribution in [-0.4, -0.2) is 45.7 Å². The van der Waals surface area contributed by atoms with Crippen molar-refractivity contribution in [2.75, 3.05) is 18.9 Å². The molecule has 0 bridgehead atoms. The van der Waals surface area contributed by atoms with Crippen LogP contribution in [0.5, 0.6) is 17.2 Å². The van der Waals surface area contributed by atoms with E-state index in [0.717, 1.165) is 20.9 Å². The largest absolute Gasteiger partial charge is 0.490 e. The van der Waals surface area contributed by atoms with Gasteiger partial charge in [-0.15, -0.1) is 0 Å². The van der Waals surface area contributed by atoms with Crippen LogP contribution in [0.15, 0.2) is 71.3 Å². The summed E-state index contributed by atoms with van der Waals surface area (Å²) in [4.78, 5) is 16.6. The van der Waals surface area contributed by atoms with Crippen LogP contribution < -0.4 is 15.2 Å². The zero-order valence-electron chi connectivity index (χ0n) is 23.1. The number of aromatic nitrogens is 3. The molecular weight excluding hydrogens is 607 g/mol. The Morgan fingerprint density at radius 1 is 1.17 bits per heavy atom. The monoisotopic (exact) mass is 634 g/mol. The molecule has 0 aliphatic carbocycles. The van der Waals surface area contributed by atoms with E-state index in [1.54, 1.807) is 42.5 Å². The quantitative estimate of drug-likeness (QED) is 0.183. The minimum Gasteiger partial charge on any atom is -0.490 e. The molecule has 1 fully saturated rings. The molecule has 3 heterocycles. The number of ketones is 1. The Balaban J connectivity index is 1.20. The summed E-state index contributed by atoms with van der Waals surface area (Å²) in [6.07, 6.45) is 1.27. The predicted molar refractivity (Wildman–Crippen MR) is 159 cm³/mol. The van der Waals surface area contributed by atoms with Gasteiger partial charge < -0.3 is 29.7 Å². The highest BCUT2D eigenvalue weighted by atomic mass is 79.9. The Labute approximate surface area is 249 Å². The van der Waals surface area contributed by atoms with Crippen LogP contribution in [0, 0.1) is 12.7 Å². The smallest absolute Gasteiger partial charge is 0.214 e. The topological polar surface area (TPSA) is 114 Å². The second-order valence-electron chi connectivity index (χ2n) is 10.5. The van der Waals surface area contributed by atoms with Gasteiger partial charge in [-0.1, -0.05) is 12.1 Å². The summed E-state index contributed by atoms with van der Waals surface area (Å²) in [5, 5.41) is 5.16. The number of nitrogen functional groups attached to an aromatic ring is 1. The summed E-state index contributed by atoms with van der Waals surface area (Å²) in [5.41, 5.74) is 9.15. The molecule has 11 heteroatoms. The highest BCUT2D eigenvalue weighted by molar-refractivity contribution is 9.10. The van der Waals surface area contributed by atoms with Gasteiger partial charge in [0.2, 0.25) is 5.78 Å². The molecular formula is C31H28BrFN4O5. The lowest BCUT2D eigenvalue weighted by atomic mass is 10.1. The molecule has 6 rings (SSSR count). The molecule has 1 atom stereocenters. The van der Waals surface area contributed by atoms with Gasteiger partial charge in [-0.25, -0.2) is 9.07 Å². The number of carbonyl (C=O) groups is 1. The van der Waals surface area contributed by atoms with Crippen molar-refractivity contribution in [3.8, 4) is 22.9 Å². The molecule has 0 saturated carbocycles. The summed E-state index contributed by atoms with van der Waals surface area (Å²) >= 11 is 3.55. The van der Waals surface area contributed by atoms with Crippen molar-refractivity contribution in [1.82, 2.24) is 14.8 Å². The second kappa shape index (κ2) is 10.9. The van der Waals surface area contributed by atoms with Crippen LogP contribution in [0.3, 0.4) is 0 Å². The predicted octanol–water partition coefficient (Wildman–Crippen LogP) is 6.70. The van der Waals surface area contributed by atoms with Crippen molar-refractivity contribution in [2.24, 2.45) is 0 Å². The summed E-state index contributed by atoms with van der Waals surface area (Å²) < 4.78 is 39.4. The van der Waals surface area contributed by atoms with Crippen LogP contribution in [0.2, 0.25) is 0 Å². The Morgan fingerprint density at radius 3 is 2.71 bits per heavy atom. The third kappa shape index (κ3) is 5.50. The van der Waals surface area contributed by atoms with Crippen LogP contribution in [0.25, 0.3) is 16.6 Å². The maximum absolute atomic E-state index is 14.0. The van der Waals surface area contributed by atoms with Gasteiger partial charge >= 0.3 is 0 Å². The average molecular weight is 635 g/mol. The first-order valence-electron chi connectivity index (χ1n) is 13.3. The molecule has 0 amide bonds. The first-order valence-corrected chi connectivity index (χ1v) is 14.1. The van der Waals surface area contributed by atoms with E-state index in [-0.39, 0.29) is 29.0 Å². The number of anilines is 1. The molecule has 1 aliphatic heterocycles. The number of nitrogens with zero attached hydrogens (tertiary/aromatic N) is 2. The molecule has 3 N–H and O–H groups in total. The first kappa shape index (κ1) is 28.0. The third-order valence-corrected chi connectivity index (χ3v) is 7.54. The van der Waals surface area contributed by atoms with Gasteiger partial charge in [-0.05, 0) is 90.8 Å². The molecule has 3 aromatic carbocycles. The Kier molecular flexibility index (Phi) is 7.25. The number of para-hydroxylation sites is 1. The second-order valence-corrected chi connectivity index (χ2v) is 11.3. The number of fused-ring (bicyclic) bond motifs is 1. The number of aryl methyl sites for hydroxylation is 1. The van der Waals surface area contributed by atoms with Gasteiger partial charge in [0.05, 0.1) is 34.2 Å². The number of aromatic amines is 1. The SMILES string of the molecule is Cc1cc(-n2ncc(C(=O)c3cc4cc(OCC5COC(C)(C)O5)c(Br)cc4[nH]3)c2N)ccc1Oc1ccccc1F. The summed E-state index contributed by atoms with van der Waals surface area (Å²) in [5.74, 6) is 0.0546. The van der Waals surface area contributed by atoms with E-state index in [4.69, 9.17) is 24.7 Å². The molecule has 0 spiro atoms. The summed E-state index contributed by atoms with van der Waals surface area (Å²) in [7, 11) is 0. The number of nitrogens with two attached hydrogens (primary N) is 1. The molecule has 1 unspecified atom stereocenters. The highest BCUT2D eigenvalue weighted by Crippen LogP contribution is 2.33. The van der Waals surface area contributed by atoms with Crippen molar-refractivity contribution < 1.29 is 28.1 Å². The van der Waals surface area contributed by atoms with E-state index in [0.29, 0.717) is 36.1 Å². The fourth-order valence-electron chi connectivity index (χ4n) is 4.80. The zero-order chi connectivity index (χ0) is 29.6. The number of rotatable bonds is 8. The molecule has 2 aromatic heterocycles. The summed E-state index contributed by atoms with van der Waals surface area (Å²) in [6, 6.07) is 16.9. The number of hydrogen-bond acceptors (Lipinski definition) is 7. The Hall–Kier alpha value is -4.19. The normalized spacial score (nSPS) is 16.2. The van der Waals surface area contributed by atoms with Crippen molar-refractivity contribution in [3.63, 3.8) is 0 Å². The number of benzene rings is 3. The number of H-pyrrole nitrogens is 1. The lowest BCUT2D eigenvalue weighted by Gasteiger charge is -2.17. The average Bonchev–Trinajstić information content (AvgIpc) is 3.65. The highest BCUT2D eigenvalue weighted by Gasteiger charge is 2.33. The van der Waals surface area contributed by atoms with Crippen molar-refractivity contribution >= 4 is 38.4 Å². The van der Waals surface area contributed by atoms with E-state index in [2.05, 4.69) is 26.0 Å². The first-order chi connectivity index (χ1) is 20.1. The lowest BCUT2D eigenvalue weighted by molar-refractivity contribution is -0.141. The third-order valence-electron chi connectivity index (χ3n) is 6.92. The lowest BCUT2D eigenvalue weighted by Crippen LogP contribution is -2.25. The van der Waals surface area contributed by atoms with Gasteiger partial charge in [-0.2, -0.15) is 5.10 Å². The molecule has 9 nitrogen and oxygen atoms in total. The van der Waals surface area contributed by atoms with Gasteiger partial charge in [0.1, 0.15) is 30.0 Å². The summed E-state index contributed by atoms with van der Waals surface area (Å²) in [6.45, 7) is 6.35. The Bertz CT molecular complexity index is 1810. The molecule has 1 saturated heterocycles. The molecule has 216 valence electrons. The number of nitrogens with one attached hydrogen (secondary N) is 1. The standard InChI is InChI=1S/C31H28BrFN4O5/c1-17-10-19(8-9-26(17)41-27-7-5-4-6-23(27)33)37-30(34)21(14-35-37)29(38)25-11-18-12-28(22(32)13-24(18)36-25)39-15-20-16-40-31(2,3)42-20/h4-14,20,36H,15-16,34H2,1-3H3. The van der Waals surface area contributed by atoms with E-state index in [9.17, 15) is 9.18 Å². The molecule has 0 radical (unpaired) electrons. The van der Waals surface area contributed by atoms with Crippen LogP contribution in [0.4, 0.5) is 10.2 Å². The van der Waals surface area contributed by atoms with Crippen molar-refractivity contribution in [3.05, 3.63) is 94.0 Å². The Morgan fingerprint density at radius 2 is 1.98 bits per heavy atom. The maximum Gasteiger partial charge on any atom is 0.214 e. The minimum absolute atomic E-state index is 0.130. The number of ether oxygens (including phenoxy) is 4. The van der Waals surface area contributed by atoms with Crippen LogP contribution in [0.1, 0.15) is 35.5 Å². The van der Waals surface area contributed by atoms with Gasteiger partial charge in [0.15, 0.2) is 17.4 Å². The fourth-order valence-corrected chi connectivity index (χ4v) is 5.26. The maximum atomic E-state index is 14.0. The van der Waals surface area contributed by atoms with Gasteiger partial charge in [0.25, 0.3) is 0 Å². The van der Waals surface area contributed by atoms with Crippen molar-refractivity contribution in [2.45, 2.75) is 32.7 Å². The van der Waals surface area contributed by atoms with E-state index < -0.39 is 11.6 Å². The van der Waals surface area contributed by atoms with Gasteiger partial charge in [0, 0.05) is 10.9 Å². The number of halogens is 2. The minimum atomic E-state index is -0.624. The van der Waals surface area contributed by atoms with Crippen LogP contribution in [-0.2, 0) is 9.47 Å².